The molecule has 0 spiro atoms. The monoisotopic (exact) mass is 224 g/mol. The quantitative estimate of drug-likeness (QED) is 0.482. The summed E-state index contributed by atoms with van der Waals surface area (Å²) in [6, 6.07) is 0. The molecule has 2 N–H and O–H groups in total. The zero-order valence-corrected chi connectivity index (χ0v) is 8.96. The lowest BCUT2D eigenvalue weighted by Gasteiger charge is -2.08. The largest absolute Gasteiger partial charge is 0.394 e. The first-order valence-electron chi connectivity index (χ1n) is 4.53. The summed E-state index contributed by atoms with van der Waals surface area (Å²) in [6.45, 7) is 1.10. The number of carbonyl (C=O) groups excluding carboxylic acids is 1. The van der Waals surface area contributed by atoms with Gasteiger partial charge in [0.25, 0.3) is 10.1 Å². The van der Waals surface area contributed by atoms with Crippen LogP contribution in [0.5, 0.6) is 0 Å². The average Bonchev–Trinajstić information content (AvgIpc) is 2.03. The number of ketones is 1. The van der Waals surface area contributed by atoms with Crippen LogP contribution in [0.25, 0.3) is 0 Å². The van der Waals surface area contributed by atoms with Crippen molar-refractivity contribution in [1.29, 1.82) is 0 Å². The van der Waals surface area contributed by atoms with E-state index in [4.69, 9.17) is 9.66 Å². The summed E-state index contributed by atoms with van der Waals surface area (Å²) < 4.78 is 29.8. The van der Waals surface area contributed by atoms with E-state index < -0.39 is 27.8 Å². The van der Waals surface area contributed by atoms with E-state index in [1.807, 2.05) is 6.92 Å². The fourth-order valence-electron chi connectivity index (χ4n) is 1.07. The second-order valence-electron chi connectivity index (χ2n) is 3.11. The minimum absolute atomic E-state index is 0.0822. The summed E-state index contributed by atoms with van der Waals surface area (Å²) >= 11 is 0. The van der Waals surface area contributed by atoms with E-state index in [1.165, 1.54) is 0 Å². The lowest BCUT2D eigenvalue weighted by atomic mass is 10.1. The maximum absolute atomic E-state index is 11.2. The molecule has 0 aromatic rings. The Bertz CT molecular complexity index is 269. The summed E-state index contributed by atoms with van der Waals surface area (Å²) in [5, 5.41) is 6.96. The van der Waals surface area contributed by atoms with E-state index in [0.717, 1.165) is 12.8 Å². The molecule has 6 heteroatoms. The molecule has 0 amide bonds. The normalized spacial score (nSPS) is 13.9. The van der Waals surface area contributed by atoms with Gasteiger partial charge in [0.2, 0.25) is 0 Å². The van der Waals surface area contributed by atoms with Crippen molar-refractivity contribution in [2.24, 2.45) is 0 Å². The van der Waals surface area contributed by atoms with Crippen LogP contribution in [0.2, 0.25) is 0 Å². The van der Waals surface area contributed by atoms with Gasteiger partial charge < -0.3 is 5.11 Å². The maximum Gasteiger partial charge on any atom is 0.277 e. The Morgan fingerprint density at radius 3 is 2.29 bits per heavy atom. The van der Waals surface area contributed by atoms with Gasteiger partial charge in [-0.25, -0.2) is 0 Å². The minimum atomic E-state index is -4.45. The number of aliphatic hydroxyl groups is 1. The fourth-order valence-corrected chi connectivity index (χ4v) is 1.71. The number of hydrogen-bond donors (Lipinski definition) is 2. The van der Waals surface area contributed by atoms with Crippen molar-refractivity contribution in [1.82, 2.24) is 0 Å². The van der Waals surface area contributed by atoms with E-state index in [9.17, 15) is 13.2 Å². The molecule has 0 bridgehead atoms. The van der Waals surface area contributed by atoms with Gasteiger partial charge in [-0.2, -0.15) is 8.42 Å². The molecule has 1 atom stereocenters. The first-order valence-corrected chi connectivity index (χ1v) is 6.03. The Kier molecular flexibility index (Phi) is 5.90. The molecular weight excluding hydrogens is 208 g/mol. The van der Waals surface area contributed by atoms with Crippen LogP contribution in [0.15, 0.2) is 0 Å². The van der Waals surface area contributed by atoms with Gasteiger partial charge >= 0.3 is 0 Å². The van der Waals surface area contributed by atoms with E-state index in [0.29, 0.717) is 6.42 Å². The molecule has 0 aliphatic heterocycles. The molecule has 0 rings (SSSR count). The summed E-state index contributed by atoms with van der Waals surface area (Å²) in [7, 11) is -4.45. The topological polar surface area (TPSA) is 91.7 Å². The number of Topliss-reactive ketones (excluding diaryl/α,β-unsaturated/α-hetero) is 1. The predicted molar refractivity (Wildman–Crippen MR) is 51.6 cm³/mol. The van der Waals surface area contributed by atoms with Crippen LogP contribution >= 0.6 is 0 Å². The van der Waals surface area contributed by atoms with E-state index in [-0.39, 0.29) is 6.42 Å². The molecule has 0 aromatic heterocycles. The summed E-state index contributed by atoms with van der Waals surface area (Å²) in [6.07, 6.45) is 2.42. The third-order valence-corrected chi connectivity index (χ3v) is 3.04. The number of hydrogen-bond acceptors (Lipinski definition) is 4. The van der Waals surface area contributed by atoms with Gasteiger partial charge in [-0.15, -0.1) is 0 Å². The SMILES string of the molecule is CCCCCC(=O)C(CO)S(=O)(=O)O. The van der Waals surface area contributed by atoms with E-state index >= 15 is 0 Å². The highest BCUT2D eigenvalue weighted by Crippen LogP contribution is 2.07. The highest BCUT2D eigenvalue weighted by atomic mass is 32.2. The zero-order valence-electron chi connectivity index (χ0n) is 8.14. The highest BCUT2D eigenvalue weighted by molar-refractivity contribution is 7.87. The Morgan fingerprint density at radius 1 is 1.36 bits per heavy atom. The van der Waals surface area contributed by atoms with Crippen LogP contribution < -0.4 is 0 Å². The van der Waals surface area contributed by atoms with Crippen LogP contribution in [-0.2, 0) is 14.9 Å². The molecular formula is C8H16O5S. The molecule has 0 heterocycles. The predicted octanol–water partition coefficient (Wildman–Crippen LogP) is 0.385. The first kappa shape index (κ1) is 13.5. The van der Waals surface area contributed by atoms with Crippen molar-refractivity contribution in [2.45, 2.75) is 37.9 Å². The Balaban J connectivity index is 4.20. The lowest BCUT2D eigenvalue weighted by Crippen LogP contribution is -2.33. The Morgan fingerprint density at radius 2 is 1.93 bits per heavy atom. The minimum Gasteiger partial charge on any atom is -0.394 e. The fraction of sp³-hybridized carbons (Fsp3) is 0.875. The third-order valence-electron chi connectivity index (χ3n) is 1.91. The number of unbranched alkanes of at least 4 members (excludes halogenated alkanes) is 2. The van der Waals surface area contributed by atoms with Gasteiger partial charge in [-0.1, -0.05) is 19.8 Å². The Hall–Kier alpha value is -0.460. The van der Waals surface area contributed by atoms with Crippen LogP contribution in [0.4, 0.5) is 0 Å². The average molecular weight is 224 g/mol. The number of carbonyl (C=O) groups is 1. The van der Waals surface area contributed by atoms with Crippen LogP contribution in [0.1, 0.15) is 32.6 Å². The van der Waals surface area contributed by atoms with Gasteiger partial charge in [0.1, 0.15) is 0 Å². The molecule has 5 nitrogen and oxygen atoms in total. The molecule has 14 heavy (non-hydrogen) atoms. The van der Waals surface area contributed by atoms with Crippen molar-refractivity contribution in [3.05, 3.63) is 0 Å². The number of aliphatic hydroxyl groups excluding tert-OH is 1. The van der Waals surface area contributed by atoms with Crippen molar-refractivity contribution < 1.29 is 22.9 Å². The second-order valence-corrected chi connectivity index (χ2v) is 4.71. The highest BCUT2D eigenvalue weighted by Gasteiger charge is 2.29. The van der Waals surface area contributed by atoms with Gasteiger partial charge in [0, 0.05) is 6.42 Å². The van der Waals surface area contributed by atoms with Crippen LogP contribution in [0, 0.1) is 0 Å². The molecule has 0 saturated heterocycles. The summed E-state index contributed by atoms with van der Waals surface area (Å²) in [5.74, 6) is -0.622. The van der Waals surface area contributed by atoms with E-state index in [2.05, 4.69) is 0 Å². The second kappa shape index (κ2) is 6.10. The molecule has 0 fully saturated rings. The van der Waals surface area contributed by atoms with Crippen molar-refractivity contribution in [3.8, 4) is 0 Å². The first-order chi connectivity index (χ1) is 6.43. The number of rotatable bonds is 7. The van der Waals surface area contributed by atoms with E-state index in [1.54, 1.807) is 0 Å². The molecule has 0 radical (unpaired) electrons. The van der Waals surface area contributed by atoms with Crippen LogP contribution in [0.3, 0.4) is 0 Å². The maximum atomic E-state index is 11.2. The van der Waals surface area contributed by atoms with Crippen LogP contribution in [-0.4, -0.2) is 35.7 Å². The summed E-state index contributed by atoms with van der Waals surface area (Å²) in [5.41, 5.74) is 0. The lowest BCUT2D eigenvalue weighted by molar-refractivity contribution is -0.119. The summed E-state index contributed by atoms with van der Waals surface area (Å²) in [4.78, 5) is 11.2. The molecule has 0 saturated carbocycles. The molecule has 1 unspecified atom stereocenters. The van der Waals surface area contributed by atoms with Gasteiger partial charge in [0.05, 0.1) is 6.61 Å². The van der Waals surface area contributed by atoms with Gasteiger partial charge in [0.15, 0.2) is 11.0 Å². The third kappa shape index (κ3) is 4.69. The molecule has 0 aliphatic carbocycles. The van der Waals surface area contributed by atoms with Crippen molar-refractivity contribution in [3.63, 3.8) is 0 Å². The molecule has 0 aliphatic rings. The smallest absolute Gasteiger partial charge is 0.277 e. The molecule has 0 aromatic carbocycles. The van der Waals surface area contributed by atoms with Gasteiger partial charge in [-0.3, -0.25) is 9.35 Å². The van der Waals surface area contributed by atoms with Crippen molar-refractivity contribution >= 4 is 15.9 Å². The Labute approximate surface area is 83.9 Å². The standard InChI is InChI=1S/C8H16O5S/c1-2-3-4-5-7(10)8(6-9)14(11,12)13/h8-9H,2-6H2,1H3,(H,11,12,13). The van der Waals surface area contributed by atoms with Gasteiger partial charge in [-0.05, 0) is 6.42 Å². The van der Waals surface area contributed by atoms with Crippen molar-refractivity contribution in [2.75, 3.05) is 6.61 Å². The zero-order chi connectivity index (χ0) is 11.2. The molecule has 84 valence electrons.